The van der Waals surface area contributed by atoms with Crippen molar-refractivity contribution in [3.63, 3.8) is 0 Å². The number of nitrogens with two attached hydrogens (primary N) is 1. The summed E-state index contributed by atoms with van der Waals surface area (Å²) < 4.78 is 85.2. The predicted molar refractivity (Wildman–Crippen MR) is 57.9 cm³/mol. The van der Waals surface area contributed by atoms with E-state index in [-0.39, 0.29) is 12.1 Å². The van der Waals surface area contributed by atoms with Gasteiger partial charge in [-0.15, -0.1) is 0 Å². The number of rotatable bonds is 4. The first kappa shape index (κ1) is 15.6. The molecule has 0 fully saturated rings. The van der Waals surface area contributed by atoms with Crippen molar-refractivity contribution in [2.75, 3.05) is 4.72 Å². The van der Waals surface area contributed by atoms with Gasteiger partial charge in [-0.3, -0.25) is 4.72 Å². The zero-order valence-corrected chi connectivity index (χ0v) is 10.0. The molecule has 10 heteroatoms. The fraction of sp³-hybridized carbons (Fsp3) is 0.333. The average molecular weight is 304 g/mol. The lowest BCUT2D eigenvalue weighted by Crippen LogP contribution is -2.23. The topological polar surface area (TPSA) is 72.2 Å². The molecule has 0 saturated heterocycles. The Labute approximate surface area is 105 Å². The maximum absolute atomic E-state index is 12.7. The Kier molecular flexibility index (Phi) is 4.35. The molecule has 0 saturated carbocycles. The van der Waals surface area contributed by atoms with Crippen molar-refractivity contribution in [1.29, 1.82) is 0 Å². The normalized spacial score (nSPS) is 12.8. The molecule has 0 unspecified atom stereocenters. The summed E-state index contributed by atoms with van der Waals surface area (Å²) in [4.78, 5) is 0. The molecule has 4 nitrogen and oxygen atoms in total. The Balaban J connectivity index is 3.29. The van der Waals surface area contributed by atoms with Gasteiger partial charge in [-0.1, -0.05) is 6.07 Å². The van der Waals surface area contributed by atoms with E-state index in [1.807, 2.05) is 0 Å². The summed E-state index contributed by atoms with van der Waals surface area (Å²) in [5.41, 5.74) is 2.91. The summed E-state index contributed by atoms with van der Waals surface area (Å²) in [6, 6.07) is 2.45. The van der Waals surface area contributed by atoms with E-state index in [4.69, 9.17) is 5.73 Å². The first-order valence-corrected chi connectivity index (χ1v) is 6.32. The van der Waals surface area contributed by atoms with Crippen LogP contribution in [0.5, 0.6) is 0 Å². The van der Waals surface area contributed by atoms with Crippen LogP contribution in [0.15, 0.2) is 18.2 Å². The van der Waals surface area contributed by atoms with Crippen LogP contribution in [0, 0.1) is 0 Å². The number of hydrogen-bond acceptors (Lipinski definition) is 3. The SMILES string of the molecule is NCc1ccc(NS(=O)(=O)C(F)F)c(C(F)(F)F)c1. The highest BCUT2D eigenvalue weighted by atomic mass is 32.2. The predicted octanol–water partition coefficient (Wildman–Crippen LogP) is 2.13. The monoisotopic (exact) mass is 304 g/mol. The van der Waals surface area contributed by atoms with Gasteiger partial charge >= 0.3 is 11.9 Å². The van der Waals surface area contributed by atoms with E-state index in [2.05, 4.69) is 0 Å². The largest absolute Gasteiger partial charge is 0.418 e. The number of benzene rings is 1. The number of halogens is 5. The third-order valence-corrected chi connectivity index (χ3v) is 3.09. The minimum Gasteiger partial charge on any atom is -0.326 e. The van der Waals surface area contributed by atoms with Gasteiger partial charge in [-0.2, -0.15) is 22.0 Å². The van der Waals surface area contributed by atoms with Crippen molar-refractivity contribution in [3.05, 3.63) is 29.3 Å². The summed E-state index contributed by atoms with van der Waals surface area (Å²) in [5.74, 6) is -3.83. The Morgan fingerprint density at radius 3 is 2.26 bits per heavy atom. The first-order chi connectivity index (χ1) is 8.58. The van der Waals surface area contributed by atoms with E-state index < -0.39 is 33.2 Å². The van der Waals surface area contributed by atoms with Crippen LogP contribution in [-0.2, 0) is 22.7 Å². The van der Waals surface area contributed by atoms with Gasteiger partial charge in [0.05, 0.1) is 11.3 Å². The number of anilines is 1. The second-order valence-corrected chi connectivity index (χ2v) is 5.14. The minimum absolute atomic E-state index is 0.0901. The van der Waals surface area contributed by atoms with Crippen molar-refractivity contribution in [2.45, 2.75) is 18.5 Å². The zero-order valence-electron chi connectivity index (χ0n) is 9.21. The van der Waals surface area contributed by atoms with E-state index in [0.29, 0.717) is 6.07 Å². The Hall–Kier alpha value is -1.42. The highest BCUT2D eigenvalue weighted by molar-refractivity contribution is 7.93. The van der Waals surface area contributed by atoms with Gasteiger partial charge < -0.3 is 5.73 Å². The molecule has 0 aromatic heterocycles. The molecule has 19 heavy (non-hydrogen) atoms. The van der Waals surface area contributed by atoms with Crippen molar-refractivity contribution >= 4 is 15.7 Å². The van der Waals surface area contributed by atoms with Crippen LogP contribution in [0.2, 0.25) is 0 Å². The average Bonchev–Trinajstić information content (AvgIpc) is 2.27. The molecule has 0 aliphatic heterocycles. The summed E-state index contributed by atoms with van der Waals surface area (Å²) in [6.45, 7) is -0.203. The summed E-state index contributed by atoms with van der Waals surface area (Å²) in [7, 11) is -5.17. The molecule has 0 atom stereocenters. The number of sulfonamides is 1. The summed E-state index contributed by atoms with van der Waals surface area (Å²) >= 11 is 0. The third kappa shape index (κ3) is 3.77. The summed E-state index contributed by atoms with van der Waals surface area (Å²) in [5, 5.41) is 0. The van der Waals surface area contributed by atoms with Gasteiger partial charge in [0.2, 0.25) is 0 Å². The molecule has 0 amide bonds. The first-order valence-electron chi connectivity index (χ1n) is 4.78. The van der Waals surface area contributed by atoms with Crippen LogP contribution in [0.1, 0.15) is 11.1 Å². The van der Waals surface area contributed by atoms with Crippen LogP contribution in [-0.4, -0.2) is 14.2 Å². The molecule has 108 valence electrons. The maximum Gasteiger partial charge on any atom is 0.418 e. The van der Waals surface area contributed by atoms with Gasteiger partial charge in [0.1, 0.15) is 0 Å². The van der Waals surface area contributed by atoms with Gasteiger partial charge in [-0.05, 0) is 17.7 Å². The van der Waals surface area contributed by atoms with Gasteiger partial charge in [0.25, 0.3) is 10.0 Å². The van der Waals surface area contributed by atoms with E-state index in [9.17, 15) is 30.4 Å². The van der Waals surface area contributed by atoms with Crippen molar-refractivity contribution in [3.8, 4) is 0 Å². The standard InChI is InChI=1S/C9H9F5N2O2S/c10-8(11)19(17,18)16-7-2-1-5(4-15)3-6(7)9(12,13)14/h1-3,8,16H,4,15H2. The lowest BCUT2D eigenvalue weighted by Gasteiger charge is -2.15. The van der Waals surface area contributed by atoms with E-state index >= 15 is 0 Å². The Morgan fingerprint density at radius 2 is 1.84 bits per heavy atom. The molecule has 0 aliphatic carbocycles. The minimum atomic E-state index is -5.17. The maximum atomic E-state index is 12.7. The highest BCUT2D eigenvalue weighted by Crippen LogP contribution is 2.36. The van der Waals surface area contributed by atoms with Crippen LogP contribution in [0.25, 0.3) is 0 Å². The third-order valence-electron chi connectivity index (χ3n) is 2.11. The molecular weight excluding hydrogens is 295 g/mol. The van der Waals surface area contributed by atoms with Crippen molar-refractivity contribution in [1.82, 2.24) is 0 Å². The van der Waals surface area contributed by atoms with E-state index in [0.717, 1.165) is 12.1 Å². The molecule has 1 aromatic carbocycles. The van der Waals surface area contributed by atoms with Crippen LogP contribution >= 0.6 is 0 Å². The zero-order chi connectivity index (χ0) is 14.8. The fourth-order valence-electron chi connectivity index (χ4n) is 1.24. The van der Waals surface area contributed by atoms with E-state index in [1.165, 1.54) is 4.72 Å². The Bertz CT molecular complexity index is 556. The molecule has 0 aliphatic rings. The number of hydrogen-bond donors (Lipinski definition) is 2. The molecule has 1 rings (SSSR count). The Morgan fingerprint density at radius 1 is 1.26 bits per heavy atom. The smallest absolute Gasteiger partial charge is 0.326 e. The molecule has 1 aromatic rings. The second-order valence-electron chi connectivity index (χ2n) is 3.49. The number of nitrogens with one attached hydrogen (secondary N) is 1. The molecule has 3 N–H and O–H groups in total. The quantitative estimate of drug-likeness (QED) is 0.837. The van der Waals surface area contributed by atoms with E-state index in [1.54, 1.807) is 0 Å². The lowest BCUT2D eigenvalue weighted by atomic mass is 10.1. The molecule has 0 spiro atoms. The van der Waals surface area contributed by atoms with Gasteiger partial charge in [-0.25, -0.2) is 8.42 Å². The number of alkyl halides is 5. The molecule has 0 bridgehead atoms. The second kappa shape index (κ2) is 5.29. The molecule has 0 heterocycles. The lowest BCUT2D eigenvalue weighted by molar-refractivity contribution is -0.136. The van der Waals surface area contributed by atoms with Gasteiger partial charge in [0.15, 0.2) is 0 Å². The van der Waals surface area contributed by atoms with Crippen LogP contribution in [0.3, 0.4) is 0 Å². The van der Waals surface area contributed by atoms with Gasteiger partial charge in [0, 0.05) is 6.54 Å². The fourth-order valence-corrected chi connectivity index (χ4v) is 1.81. The highest BCUT2D eigenvalue weighted by Gasteiger charge is 2.36. The van der Waals surface area contributed by atoms with Crippen molar-refractivity contribution in [2.24, 2.45) is 5.73 Å². The molecule has 0 radical (unpaired) electrons. The van der Waals surface area contributed by atoms with Crippen molar-refractivity contribution < 1.29 is 30.4 Å². The molecular formula is C9H9F5N2O2S. The van der Waals surface area contributed by atoms with Crippen LogP contribution in [0.4, 0.5) is 27.6 Å². The van der Waals surface area contributed by atoms with Crippen LogP contribution < -0.4 is 10.5 Å². The summed E-state index contributed by atoms with van der Waals surface area (Å²) in [6.07, 6.45) is -4.90.